The van der Waals surface area contributed by atoms with Crippen LogP contribution in [-0.2, 0) is 6.54 Å². The highest BCUT2D eigenvalue weighted by molar-refractivity contribution is 5.76. The van der Waals surface area contributed by atoms with E-state index in [4.69, 9.17) is 5.11 Å². The Morgan fingerprint density at radius 3 is 2.70 bits per heavy atom. The minimum Gasteiger partial charge on any atom is -0.396 e. The number of fused-ring (bicyclic) bond motifs is 1. The van der Waals surface area contributed by atoms with Crippen molar-refractivity contribution in [3.63, 3.8) is 0 Å². The minimum atomic E-state index is -0.382. The Labute approximate surface area is 116 Å². The molecule has 0 saturated heterocycles. The maximum absolute atomic E-state index is 12.4. The second-order valence-electron chi connectivity index (χ2n) is 5.06. The van der Waals surface area contributed by atoms with Gasteiger partial charge in [0.05, 0.1) is 10.9 Å². The van der Waals surface area contributed by atoms with Crippen LogP contribution >= 0.6 is 0 Å². The molecular weight excluding hydrogens is 256 g/mol. The molecule has 2 aromatic rings. The third kappa shape index (κ3) is 2.99. The molecule has 0 aliphatic rings. The fourth-order valence-corrected chi connectivity index (χ4v) is 2.54. The number of hydrogen-bond acceptors (Lipinski definition) is 3. The summed E-state index contributed by atoms with van der Waals surface area (Å²) in [7, 11) is 0. The molecule has 0 fully saturated rings. The first kappa shape index (κ1) is 14.5. The molecule has 0 aliphatic heterocycles. The van der Waals surface area contributed by atoms with E-state index in [0.29, 0.717) is 23.9 Å². The Hall–Kier alpha value is -1.88. The van der Waals surface area contributed by atoms with E-state index in [9.17, 15) is 9.59 Å². The van der Waals surface area contributed by atoms with Gasteiger partial charge in [-0.3, -0.25) is 9.36 Å². The standard InChI is InChI=1S/C15H20N2O3/c1-2-5-11(8-9-18)10-17-14(19)12-6-3-4-7-13(12)16-15(17)20/h3-4,6-7,11,18H,2,5,8-10H2,1H3,(H,16,20). The molecule has 0 spiro atoms. The first-order valence-corrected chi connectivity index (χ1v) is 7.00. The van der Waals surface area contributed by atoms with Crippen LogP contribution in [0.5, 0.6) is 0 Å². The predicted molar refractivity (Wildman–Crippen MR) is 78.9 cm³/mol. The Bertz CT molecular complexity index is 681. The zero-order chi connectivity index (χ0) is 14.5. The van der Waals surface area contributed by atoms with Crippen molar-refractivity contribution in [2.75, 3.05) is 6.61 Å². The number of benzene rings is 1. The molecule has 2 N–H and O–H groups in total. The summed E-state index contributed by atoms with van der Waals surface area (Å²) in [5.74, 6) is 0.143. The number of nitrogens with one attached hydrogen (secondary N) is 1. The van der Waals surface area contributed by atoms with Gasteiger partial charge in [-0.15, -0.1) is 0 Å². The van der Waals surface area contributed by atoms with Crippen LogP contribution in [0.15, 0.2) is 33.9 Å². The lowest BCUT2D eigenvalue weighted by Gasteiger charge is -2.16. The molecule has 20 heavy (non-hydrogen) atoms. The van der Waals surface area contributed by atoms with Crippen LogP contribution in [0.1, 0.15) is 26.2 Å². The SMILES string of the molecule is CCCC(CCO)Cn1c(=O)[nH]c2ccccc2c1=O. The van der Waals surface area contributed by atoms with Crippen molar-refractivity contribution >= 4 is 10.9 Å². The summed E-state index contributed by atoms with van der Waals surface area (Å²) >= 11 is 0. The van der Waals surface area contributed by atoms with E-state index in [2.05, 4.69) is 11.9 Å². The quantitative estimate of drug-likeness (QED) is 0.839. The fourth-order valence-electron chi connectivity index (χ4n) is 2.54. The Balaban J connectivity index is 2.43. The molecule has 1 atom stereocenters. The lowest BCUT2D eigenvalue weighted by molar-refractivity contribution is 0.238. The number of nitrogens with zero attached hydrogens (tertiary/aromatic N) is 1. The van der Waals surface area contributed by atoms with Gasteiger partial charge >= 0.3 is 5.69 Å². The third-order valence-electron chi connectivity index (χ3n) is 3.56. The van der Waals surface area contributed by atoms with Crippen molar-refractivity contribution in [1.29, 1.82) is 0 Å². The molecule has 1 heterocycles. The number of aromatic amines is 1. The van der Waals surface area contributed by atoms with E-state index < -0.39 is 0 Å². The average molecular weight is 276 g/mol. The van der Waals surface area contributed by atoms with Gasteiger partial charge in [-0.25, -0.2) is 4.79 Å². The summed E-state index contributed by atoms with van der Waals surface area (Å²) in [6, 6.07) is 7.00. The Morgan fingerprint density at radius 2 is 2.00 bits per heavy atom. The summed E-state index contributed by atoms with van der Waals surface area (Å²) in [5.41, 5.74) is -0.0796. The van der Waals surface area contributed by atoms with Crippen molar-refractivity contribution in [2.45, 2.75) is 32.7 Å². The predicted octanol–water partition coefficient (Wildman–Crippen LogP) is 1.49. The largest absolute Gasteiger partial charge is 0.396 e. The molecule has 0 amide bonds. The third-order valence-corrected chi connectivity index (χ3v) is 3.56. The van der Waals surface area contributed by atoms with E-state index in [1.54, 1.807) is 24.3 Å². The summed E-state index contributed by atoms with van der Waals surface area (Å²) < 4.78 is 1.25. The fraction of sp³-hybridized carbons (Fsp3) is 0.467. The number of aliphatic hydroxyl groups is 1. The van der Waals surface area contributed by atoms with Gasteiger partial charge in [-0.1, -0.05) is 25.5 Å². The zero-order valence-corrected chi connectivity index (χ0v) is 11.6. The molecule has 5 nitrogen and oxygen atoms in total. The van der Waals surface area contributed by atoms with Crippen LogP contribution in [0.2, 0.25) is 0 Å². The second-order valence-corrected chi connectivity index (χ2v) is 5.06. The van der Waals surface area contributed by atoms with E-state index in [1.165, 1.54) is 4.57 Å². The van der Waals surface area contributed by atoms with Gasteiger partial charge in [0.15, 0.2) is 0 Å². The zero-order valence-electron chi connectivity index (χ0n) is 11.6. The van der Waals surface area contributed by atoms with E-state index in [-0.39, 0.29) is 23.8 Å². The van der Waals surface area contributed by atoms with Crippen LogP contribution in [0.25, 0.3) is 10.9 Å². The van der Waals surface area contributed by atoms with E-state index >= 15 is 0 Å². The lowest BCUT2D eigenvalue weighted by atomic mass is 10.00. The van der Waals surface area contributed by atoms with Crippen LogP contribution in [0.4, 0.5) is 0 Å². The van der Waals surface area contributed by atoms with Crippen LogP contribution in [0.3, 0.4) is 0 Å². The molecule has 1 unspecified atom stereocenters. The normalized spacial score (nSPS) is 12.7. The van der Waals surface area contributed by atoms with Gasteiger partial charge in [0.25, 0.3) is 5.56 Å². The number of aromatic nitrogens is 2. The van der Waals surface area contributed by atoms with Crippen LogP contribution in [-0.4, -0.2) is 21.3 Å². The van der Waals surface area contributed by atoms with Crippen molar-refractivity contribution in [3.05, 3.63) is 45.1 Å². The lowest BCUT2D eigenvalue weighted by Crippen LogP contribution is -2.37. The summed E-state index contributed by atoms with van der Waals surface area (Å²) in [5, 5.41) is 9.60. The smallest absolute Gasteiger partial charge is 0.328 e. The summed E-state index contributed by atoms with van der Waals surface area (Å²) in [6.45, 7) is 2.48. The van der Waals surface area contributed by atoms with E-state index in [0.717, 1.165) is 12.8 Å². The molecule has 2 rings (SSSR count). The Kier molecular flexibility index (Phi) is 4.74. The maximum Gasteiger partial charge on any atom is 0.328 e. The molecule has 1 aromatic carbocycles. The molecule has 0 bridgehead atoms. The van der Waals surface area contributed by atoms with Crippen molar-refractivity contribution < 1.29 is 5.11 Å². The molecule has 108 valence electrons. The van der Waals surface area contributed by atoms with Gasteiger partial charge in [-0.2, -0.15) is 0 Å². The highest BCUT2D eigenvalue weighted by atomic mass is 16.3. The highest BCUT2D eigenvalue weighted by Gasteiger charge is 2.13. The van der Waals surface area contributed by atoms with Crippen LogP contribution in [0, 0.1) is 5.92 Å². The number of aliphatic hydroxyl groups excluding tert-OH is 1. The van der Waals surface area contributed by atoms with Gasteiger partial charge in [0.2, 0.25) is 0 Å². The van der Waals surface area contributed by atoms with Crippen molar-refractivity contribution in [2.24, 2.45) is 5.92 Å². The number of hydrogen-bond donors (Lipinski definition) is 2. The molecule has 0 radical (unpaired) electrons. The highest BCUT2D eigenvalue weighted by Crippen LogP contribution is 2.12. The van der Waals surface area contributed by atoms with Crippen LogP contribution < -0.4 is 11.2 Å². The first-order chi connectivity index (χ1) is 9.67. The number of H-pyrrole nitrogens is 1. The van der Waals surface area contributed by atoms with E-state index in [1.807, 2.05) is 0 Å². The molecule has 0 saturated carbocycles. The monoisotopic (exact) mass is 276 g/mol. The molecular formula is C15H20N2O3. The second kappa shape index (κ2) is 6.52. The Morgan fingerprint density at radius 1 is 1.25 bits per heavy atom. The minimum absolute atomic E-state index is 0.0743. The first-order valence-electron chi connectivity index (χ1n) is 7.00. The average Bonchev–Trinajstić information content (AvgIpc) is 2.44. The molecule has 0 aliphatic carbocycles. The molecule has 5 heteroatoms. The van der Waals surface area contributed by atoms with Gasteiger partial charge in [0.1, 0.15) is 0 Å². The topological polar surface area (TPSA) is 75.1 Å². The van der Waals surface area contributed by atoms with Gasteiger partial charge < -0.3 is 10.1 Å². The molecule has 1 aromatic heterocycles. The maximum atomic E-state index is 12.4. The van der Waals surface area contributed by atoms with Crippen molar-refractivity contribution in [1.82, 2.24) is 9.55 Å². The summed E-state index contributed by atoms with van der Waals surface area (Å²) in [6.07, 6.45) is 2.46. The number of para-hydroxylation sites is 1. The van der Waals surface area contributed by atoms with Gasteiger partial charge in [0, 0.05) is 13.2 Å². The summed E-state index contributed by atoms with van der Waals surface area (Å²) in [4.78, 5) is 27.2. The van der Waals surface area contributed by atoms with Gasteiger partial charge in [-0.05, 0) is 30.9 Å². The number of rotatable bonds is 6. The van der Waals surface area contributed by atoms with Crippen molar-refractivity contribution in [3.8, 4) is 0 Å².